The van der Waals surface area contributed by atoms with Crippen molar-refractivity contribution in [3.05, 3.63) is 79.7 Å². The number of carbonyl (C=O) groups is 1. The number of thiophene rings is 2. The van der Waals surface area contributed by atoms with Crippen LogP contribution in [0.3, 0.4) is 0 Å². The maximum Gasteiger partial charge on any atom is 0.236 e. The van der Waals surface area contributed by atoms with E-state index < -0.39 is 0 Å². The molecule has 1 aliphatic heterocycles. The Bertz CT molecular complexity index is 899. The first-order valence-electron chi connectivity index (χ1n) is 9.25. The monoisotopic (exact) mass is 396 g/mol. The van der Waals surface area contributed by atoms with Gasteiger partial charge in [0, 0.05) is 29.9 Å². The van der Waals surface area contributed by atoms with Gasteiger partial charge in [0.2, 0.25) is 5.91 Å². The van der Waals surface area contributed by atoms with Crippen LogP contribution in [0.5, 0.6) is 0 Å². The molecule has 0 N–H and O–H groups in total. The first-order chi connectivity index (χ1) is 13.1. The number of hydrogen-bond donors (Lipinski definition) is 0. The second-order valence-electron chi connectivity index (χ2n) is 7.17. The third kappa shape index (κ3) is 4.00. The Morgan fingerprint density at radius 1 is 1.15 bits per heavy atom. The van der Waals surface area contributed by atoms with Gasteiger partial charge in [0.1, 0.15) is 0 Å². The number of nitrogens with zero attached hydrogens (tertiary/aromatic N) is 2. The largest absolute Gasteiger partial charge is 0.340 e. The second-order valence-corrected chi connectivity index (χ2v) is 9.15. The van der Waals surface area contributed by atoms with Gasteiger partial charge in [-0.05, 0) is 47.4 Å². The number of likely N-dealkylation sites (N-methyl/N-ethyl adjacent to an activating group) is 1. The smallest absolute Gasteiger partial charge is 0.236 e. The minimum absolute atomic E-state index is 0.177. The highest BCUT2D eigenvalue weighted by molar-refractivity contribution is 7.10. The zero-order valence-electron chi connectivity index (χ0n) is 15.7. The van der Waals surface area contributed by atoms with Crippen LogP contribution in [0.25, 0.3) is 0 Å². The van der Waals surface area contributed by atoms with Crippen LogP contribution in [-0.4, -0.2) is 35.8 Å². The van der Waals surface area contributed by atoms with E-state index in [9.17, 15) is 4.79 Å². The molecule has 140 valence electrons. The lowest BCUT2D eigenvalue weighted by molar-refractivity contribution is -0.132. The molecule has 1 aromatic carbocycles. The molecule has 0 unspecified atom stereocenters. The molecule has 1 atom stereocenters. The van der Waals surface area contributed by atoms with E-state index >= 15 is 0 Å². The van der Waals surface area contributed by atoms with Gasteiger partial charge in [-0.2, -0.15) is 0 Å². The molecular formula is C22H24N2OS2. The number of fused-ring (bicyclic) bond motifs is 1. The highest BCUT2D eigenvalue weighted by Gasteiger charge is 2.31. The summed E-state index contributed by atoms with van der Waals surface area (Å²) in [7, 11) is 1.91. The number of hydrogen-bond acceptors (Lipinski definition) is 4. The van der Waals surface area contributed by atoms with Gasteiger partial charge in [0.25, 0.3) is 0 Å². The number of carbonyl (C=O) groups excluding carboxylic acids is 1. The summed E-state index contributed by atoms with van der Waals surface area (Å²) < 4.78 is 0. The van der Waals surface area contributed by atoms with Gasteiger partial charge in [0.05, 0.1) is 12.6 Å². The molecule has 4 rings (SSSR count). The molecule has 0 saturated heterocycles. The molecule has 0 bridgehead atoms. The predicted octanol–water partition coefficient (Wildman–Crippen LogP) is 4.72. The zero-order valence-corrected chi connectivity index (χ0v) is 17.4. The molecule has 0 spiro atoms. The van der Waals surface area contributed by atoms with Gasteiger partial charge in [0.15, 0.2) is 0 Å². The topological polar surface area (TPSA) is 23.6 Å². The van der Waals surface area contributed by atoms with Crippen molar-refractivity contribution in [2.75, 3.05) is 20.1 Å². The van der Waals surface area contributed by atoms with E-state index in [1.54, 1.807) is 11.3 Å². The van der Waals surface area contributed by atoms with E-state index in [0.717, 1.165) is 13.0 Å². The molecule has 3 nitrogen and oxygen atoms in total. The predicted molar refractivity (Wildman–Crippen MR) is 113 cm³/mol. The first kappa shape index (κ1) is 18.4. The van der Waals surface area contributed by atoms with Crippen LogP contribution >= 0.6 is 22.7 Å². The van der Waals surface area contributed by atoms with Crippen LogP contribution in [-0.2, 0) is 17.8 Å². The Hall–Kier alpha value is -1.95. The van der Waals surface area contributed by atoms with Crippen molar-refractivity contribution in [2.45, 2.75) is 25.9 Å². The third-order valence-corrected chi connectivity index (χ3v) is 7.10. The fourth-order valence-corrected chi connectivity index (χ4v) is 5.45. The highest BCUT2D eigenvalue weighted by Crippen LogP contribution is 2.39. The lowest BCUT2D eigenvalue weighted by Gasteiger charge is -2.35. The molecule has 3 heterocycles. The molecule has 0 saturated carbocycles. The van der Waals surface area contributed by atoms with Crippen LogP contribution in [0.2, 0.25) is 0 Å². The number of amides is 1. The molecular weight excluding hydrogens is 372 g/mol. The minimum Gasteiger partial charge on any atom is -0.340 e. The maximum absolute atomic E-state index is 12.9. The molecule has 2 aromatic heterocycles. The maximum atomic E-state index is 12.9. The van der Waals surface area contributed by atoms with Crippen molar-refractivity contribution in [1.82, 2.24) is 9.80 Å². The average molecular weight is 397 g/mol. The summed E-state index contributed by atoms with van der Waals surface area (Å²) in [5, 5.41) is 4.31. The van der Waals surface area contributed by atoms with Crippen LogP contribution < -0.4 is 0 Å². The summed E-state index contributed by atoms with van der Waals surface area (Å²) in [4.78, 5) is 19.9. The molecule has 5 heteroatoms. The van der Waals surface area contributed by atoms with E-state index in [-0.39, 0.29) is 11.9 Å². The normalized spacial score (nSPS) is 16.9. The summed E-state index contributed by atoms with van der Waals surface area (Å²) in [5.41, 5.74) is 3.79. The Balaban J connectivity index is 1.49. The molecule has 0 radical (unpaired) electrons. The van der Waals surface area contributed by atoms with Crippen LogP contribution in [0.15, 0.2) is 53.2 Å². The standard InChI is InChI=1S/C22H24N2OS2/c1-16-5-7-17(8-6-16)14-23(2)21(25)15-24-11-9-19-18(10-13-27-19)22(24)20-4-3-12-26-20/h3-8,10,12-13,22H,9,11,14-15H2,1-2H3/t22-/m1/s1. The summed E-state index contributed by atoms with van der Waals surface area (Å²) in [6, 6.07) is 15.1. The summed E-state index contributed by atoms with van der Waals surface area (Å²) in [5.74, 6) is 0.177. The van der Waals surface area contributed by atoms with Gasteiger partial charge >= 0.3 is 0 Å². The van der Waals surface area contributed by atoms with Gasteiger partial charge in [-0.15, -0.1) is 22.7 Å². The summed E-state index contributed by atoms with van der Waals surface area (Å²) >= 11 is 3.62. The van der Waals surface area contributed by atoms with Crippen molar-refractivity contribution < 1.29 is 4.79 Å². The van der Waals surface area contributed by atoms with E-state index in [1.165, 1.54) is 26.4 Å². The first-order valence-corrected chi connectivity index (χ1v) is 11.0. The Morgan fingerprint density at radius 2 is 1.96 bits per heavy atom. The van der Waals surface area contributed by atoms with Gasteiger partial charge in [-0.3, -0.25) is 9.69 Å². The lowest BCUT2D eigenvalue weighted by atomic mass is 9.98. The van der Waals surface area contributed by atoms with Crippen molar-refractivity contribution >= 4 is 28.6 Å². The minimum atomic E-state index is 0.177. The SMILES string of the molecule is Cc1ccc(CN(C)C(=O)CN2CCc3sccc3[C@@H]2c2cccs2)cc1. The third-order valence-electron chi connectivity index (χ3n) is 5.18. The van der Waals surface area contributed by atoms with Gasteiger partial charge < -0.3 is 4.90 Å². The van der Waals surface area contributed by atoms with E-state index in [4.69, 9.17) is 0 Å². The van der Waals surface area contributed by atoms with Crippen molar-refractivity contribution in [1.29, 1.82) is 0 Å². The van der Waals surface area contributed by atoms with Gasteiger partial charge in [-0.25, -0.2) is 0 Å². The summed E-state index contributed by atoms with van der Waals surface area (Å²) in [6.45, 7) is 4.12. The quantitative estimate of drug-likeness (QED) is 0.623. The number of rotatable bonds is 5. The lowest BCUT2D eigenvalue weighted by Crippen LogP contribution is -2.42. The van der Waals surface area contributed by atoms with E-state index in [0.29, 0.717) is 13.1 Å². The van der Waals surface area contributed by atoms with Crippen molar-refractivity contribution in [2.24, 2.45) is 0 Å². The number of aryl methyl sites for hydroxylation is 1. The van der Waals surface area contributed by atoms with Gasteiger partial charge in [-0.1, -0.05) is 35.9 Å². The average Bonchev–Trinajstić information content (AvgIpc) is 3.35. The second kappa shape index (κ2) is 7.97. The van der Waals surface area contributed by atoms with E-state index in [2.05, 4.69) is 65.0 Å². The van der Waals surface area contributed by atoms with Crippen LogP contribution in [0, 0.1) is 6.92 Å². The fourth-order valence-electron chi connectivity index (χ4n) is 3.67. The zero-order chi connectivity index (χ0) is 18.8. The van der Waals surface area contributed by atoms with E-state index in [1.807, 2.05) is 23.3 Å². The van der Waals surface area contributed by atoms with Crippen molar-refractivity contribution in [3.8, 4) is 0 Å². The molecule has 0 aliphatic carbocycles. The molecule has 1 amide bonds. The Kier molecular flexibility index (Phi) is 5.43. The Labute approximate surface area is 168 Å². The van der Waals surface area contributed by atoms with Crippen LogP contribution in [0.4, 0.5) is 0 Å². The Morgan fingerprint density at radius 3 is 2.70 bits per heavy atom. The molecule has 0 fully saturated rings. The van der Waals surface area contributed by atoms with Crippen LogP contribution in [0.1, 0.15) is 32.5 Å². The fraction of sp³-hybridized carbons (Fsp3) is 0.318. The molecule has 3 aromatic rings. The molecule has 1 aliphatic rings. The molecule has 27 heavy (non-hydrogen) atoms. The van der Waals surface area contributed by atoms with Crippen molar-refractivity contribution in [3.63, 3.8) is 0 Å². The number of benzene rings is 1. The highest BCUT2D eigenvalue weighted by atomic mass is 32.1. The summed E-state index contributed by atoms with van der Waals surface area (Å²) in [6.07, 6.45) is 1.03.